The largest absolute Gasteiger partial charge is 0.496 e. The minimum Gasteiger partial charge on any atom is -0.496 e. The Labute approximate surface area is 125 Å². The highest BCUT2D eigenvalue weighted by Crippen LogP contribution is 2.30. The molecule has 2 heterocycles. The zero-order chi connectivity index (χ0) is 14.8. The van der Waals surface area contributed by atoms with Crippen molar-refractivity contribution in [3.8, 4) is 5.75 Å². The first-order chi connectivity index (χ1) is 10.2. The number of hydrogen-bond donors (Lipinski definition) is 0. The van der Waals surface area contributed by atoms with Gasteiger partial charge in [-0.2, -0.15) is 0 Å². The van der Waals surface area contributed by atoms with Gasteiger partial charge in [0.25, 0.3) is 0 Å². The third-order valence-electron chi connectivity index (χ3n) is 4.00. The van der Waals surface area contributed by atoms with Gasteiger partial charge in [0.15, 0.2) is 0 Å². The van der Waals surface area contributed by atoms with Crippen LogP contribution in [0.5, 0.6) is 5.75 Å². The molecule has 1 aromatic heterocycles. The molecule has 4 nitrogen and oxygen atoms in total. The Balaban J connectivity index is 2.02. The number of nitrogens with zero attached hydrogens (tertiary/aromatic N) is 2. The van der Waals surface area contributed by atoms with Gasteiger partial charge in [-0.1, -0.05) is 6.92 Å². The molecule has 0 radical (unpaired) electrons. The van der Waals surface area contributed by atoms with Gasteiger partial charge in [0.1, 0.15) is 5.75 Å². The van der Waals surface area contributed by atoms with Crippen LogP contribution >= 0.6 is 0 Å². The molecule has 0 spiro atoms. The van der Waals surface area contributed by atoms with Crippen molar-refractivity contribution in [3.63, 3.8) is 0 Å². The van der Waals surface area contributed by atoms with Gasteiger partial charge in [-0.15, -0.1) is 0 Å². The Morgan fingerprint density at radius 3 is 2.95 bits per heavy atom. The van der Waals surface area contributed by atoms with Crippen molar-refractivity contribution in [3.05, 3.63) is 30.0 Å². The van der Waals surface area contributed by atoms with Crippen molar-refractivity contribution in [1.29, 1.82) is 0 Å². The zero-order valence-corrected chi connectivity index (χ0v) is 12.9. The molecule has 1 unspecified atom stereocenters. The Kier molecular flexibility index (Phi) is 3.97. The van der Waals surface area contributed by atoms with Gasteiger partial charge >= 0.3 is 0 Å². The van der Waals surface area contributed by atoms with Crippen LogP contribution < -0.4 is 9.64 Å². The van der Waals surface area contributed by atoms with Gasteiger partial charge in [0.05, 0.1) is 25.3 Å². The van der Waals surface area contributed by atoms with E-state index in [1.165, 1.54) is 5.69 Å². The maximum atomic E-state index is 5.61. The van der Waals surface area contributed by atoms with Crippen LogP contribution in [0.25, 0.3) is 10.9 Å². The number of benzene rings is 1. The number of fused-ring (bicyclic) bond motifs is 1. The van der Waals surface area contributed by atoms with Crippen LogP contribution in [0, 0.1) is 0 Å². The molecule has 0 aliphatic carbocycles. The first-order valence-corrected chi connectivity index (χ1v) is 7.55. The van der Waals surface area contributed by atoms with Gasteiger partial charge in [-0.3, -0.25) is 4.98 Å². The van der Waals surface area contributed by atoms with E-state index in [-0.39, 0.29) is 6.10 Å². The first-order valence-electron chi connectivity index (χ1n) is 7.55. The summed E-state index contributed by atoms with van der Waals surface area (Å²) in [6.07, 6.45) is 1.19. The number of pyridine rings is 1. The van der Waals surface area contributed by atoms with E-state index in [2.05, 4.69) is 41.9 Å². The molecular weight excluding hydrogens is 264 g/mol. The van der Waals surface area contributed by atoms with E-state index in [1.54, 1.807) is 7.11 Å². The van der Waals surface area contributed by atoms with Crippen LogP contribution in [0.1, 0.15) is 19.5 Å². The molecule has 2 aromatic rings. The summed E-state index contributed by atoms with van der Waals surface area (Å²) in [5, 5.41) is 1.08. The van der Waals surface area contributed by atoms with Crippen molar-refractivity contribution in [2.75, 3.05) is 31.7 Å². The van der Waals surface area contributed by atoms with E-state index in [1.807, 2.05) is 6.07 Å². The standard InChI is InChI=1S/C17H22N2O2/c1-4-13-9-17(20-3)15-10-14(5-6-16(15)18-13)19-7-8-21-12(2)11-19/h5-6,9-10,12H,4,7-8,11H2,1-3H3. The summed E-state index contributed by atoms with van der Waals surface area (Å²) in [6, 6.07) is 8.45. The van der Waals surface area contributed by atoms with Crippen LogP contribution in [0.4, 0.5) is 5.69 Å². The average Bonchev–Trinajstić information content (AvgIpc) is 2.53. The lowest BCUT2D eigenvalue weighted by Gasteiger charge is -2.33. The molecule has 0 bridgehead atoms. The monoisotopic (exact) mass is 286 g/mol. The lowest BCUT2D eigenvalue weighted by atomic mass is 10.1. The second-order valence-corrected chi connectivity index (χ2v) is 5.50. The topological polar surface area (TPSA) is 34.6 Å². The van der Waals surface area contributed by atoms with Crippen LogP contribution in [0.15, 0.2) is 24.3 Å². The third-order valence-corrected chi connectivity index (χ3v) is 4.00. The minimum atomic E-state index is 0.275. The van der Waals surface area contributed by atoms with Gasteiger partial charge in [0.2, 0.25) is 0 Å². The fourth-order valence-corrected chi connectivity index (χ4v) is 2.83. The van der Waals surface area contributed by atoms with Crippen LogP contribution in [0.2, 0.25) is 0 Å². The molecule has 1 fully saturated rings. The molecule has 1 aliphatic heterocycles. The van der Waals surface area contributed by atoms with Crippen molar-refractivity contribution in [1.82, 2.24) is 4.98 Å². The molecule has 0 saturated carbocycles. The number of hydrogen-bond acceptors (Lipinski definition) is 4. The molecule has 0 amide bonds. The summed E-state index contributed by atoms with van der Waals surface area (Å²) in [7, 11) is 1.72. The number of aromatic nitrogens is 1. The quantitative estimate of drug-likeness (QED) is 0.868. The van der Waals surface area contributed by atoms with Crippen LogP contribution in [0.3, 0.4) is 0 Å². The summed E-state index contributed by atoms with van der Waals surface area (Å²) >= 11 is 0. The van der Waals surface area contributed by atoms with Crippen LogP contribution in [-0.2, 0) is 11.2 Å². The molecule has 1 saturated heterocycles. The van der Waals surface area contributed by atoms with E-state index in [0.717, 1.165) is 48.5 Å². The second kappa shape index (κ2) is 5.90. The summed E-state index contributed by atoms with van der Waals surface area (Å²) < 4.78 is 11.2. The van der Waals surface area contributed by atoms with Gasteiger partial charge < -0.3 is 14.4 Å². The highest BCUT2D eigenvalue weighted by molar-refractivity contribution is 5.88. The molecule has 0 N–H and O–H groups in total. The summed E-state index contributed by atoms with van der Waals surface area (Å²) in [4.78, 5) is 7.04. The molecule has 1 atom stereocenters. The van der Waals surface area contributed by atoms with Gasteiger partial charge in [-0.05, 0) is 31.5 Å². The van der Waals surface area contributed by atoms with Crippen molar-refractivity contribution >= 4 is 16.6 Å². The molecule has 21 heavy (non-hydrogen) atoms. The maximum absolute atomic E-state index is 5.61. The maximum Gasteiger partial charge on any atom is 0.130 e. The van der Waals surface area contributed by atoms with E-state index in [0.29, 0.717) is 0 Å². The Morgan fingerprint density at radius 2 is 2.24 bits per heavy atom. The Hall–Kier alpha value is -1.81. The first kappa shape index (κ1) is 14.1. The van der Waals surface area contributed by atoms with Gasteiger partial charge in [-0.25, -0.2) is 0 Å². The van der Waals surface area contributed by atoms with Gasteiger partial charge in [0, 0.05) is 35.9 Å². The second-order valence-electron chi connectivity index (χ2n) is 5.50. The number of anilines is 1. The third kappa shape index (κ3) is 2.81. The molecule has 1 aliphatic rings. The predicted octanol–water partition coefficient (Wildman–Crippen LogP) is 3.03. The highest BCUT2D eigenvalue weighted by atomic mass is 16.5. The van der Waals surface area contributed by atoms with Crippen molar-refractivity contribution in [2.45, 2.75) is 26.4 Å². The molecule has 1 aromatic carbocycles. The Bertz CT molecular complexity index is 642. The SMILES string of the molecule is CCc1cc(OC)c2cc(N3CCOC(C)C3)ccc2n1. The number of ether oxygens (including phenoxy) is 2. The minimum absolute atomic E-state index is 0.275. The zero-order valence-electron chi connectivity index (χ0n) is 12.9. The smallest absolute Gasteiger partial charge is 0.130 e. The predicted molar refractivity (Wildman–Crippen MR) is 85.3 cm³/mol. The van der Waals surface area contributed by atoms with Crippen molar-refractivity contribution < 1.29 is 9.47 Å². The van der Waals surface area contributed by atoms with E-state index in [4.69, 9.17) is 9.47 Å². The molecule has 3 rings (SSSR count). The van der Waals surface area contributed by atoms with E-state index < -0.39 is 0 Å². The number of morpholine rings is 1. The van der Waals surface area contributed by atoms with Crippen molar-refractivity contribution in [2.24, 2.45) is 0 Å². The normalized spacial score (nSPS) is 19.0. The van der Waals surface area contributed by atoms with E-state index >= 15 is 0 Å². The summed E-state index contributed by atoms with van der Waals surface area (Å²) in [5.41, 5.74) is 3.27. The van der Waals surface area contributed by atoms with E-state index in [9.17, 15) is 0 Å². The average molecular weight is 286 g/mol. The lowest BCUT2D eigenvalue weighted by Crippen LogP contribution is -2.41. The molecule has 4 heteroatoms. The van der Waals surface area contributed by atoms with Crippen LogP contribution in [-0.4, -0.2) is 37.9 Å². The fourth-order valence-electron chi connectivity index (χ4n) is 2.83. The summed E-state index contributed by atoms with van der Waals surface area (Å²) in [6.45, 7) is 6.86. The highest BCUT2D eigenvalue weighted by Gasteiger charge is 2.18. The fraction of sp³-hybridized carbons (Fsp3) is 0.471. The molecule has 112 valence electrons. The summed E-state index contributed by atoms with van der Waals surface area (Å²) in [5.74, 6) is 0.903. The number of methoxy groups -OCH3 is 1. The Morgan fingerprint density at radius 1 is 1.38 bits per heavy atom. The number of aryl methyl sites for hydroxylation is 1. The lowest BCUT2D eigenvalue weighted by molar-refractivity contribution is 0.0532. The number of rotatable bonds is 3. The molecular formula is C17H22N2O2.